The average molecular weight is 360 g/mol. The van der Waals surface area contributed by atoms with E-state index in [9.17, 15) is 0 Å². The largest absolute Gasteiger partial charge is 0.412 e. The molecule has 2 aliphatic heterocycles. The Morgan fingerprint density at radius 1 is 1.33 bits per heavy atom. The molecule has 120 valence electrons. The van der Waals surface area contributed by atoms with Crippen molar-refractivity contribution in [2.75, 3.05) is 24.5 Å². The van der Waals surface area contributed by atoms with Gasteiger partial charge in [-0.15, -0.1) is 0 Å². The van der Waals surface area contributed by atoms with Gasteiger partial charge in [-0.1, -0.05) is 23.2 Å². The SMILES string of the molecule is Clc1cc(N2C[C@@H]3CN[C@@H]3C2)cnc1Cl.O.O=S(=O)(O)O. The molecule has 11 heteroatoms. The fraction of sp³-hybridized carbons (Fsp3) is 0.500. The van der Waals surface area contributed by atoms with Crippen LogP contribution in [0.5, 0.6) is 0 Å². The van der Waals surface area contributed by atoms with E-state index in [-0.39, 0.29) is 5.48 Å². The number of fused-ring (bicyclic) bond motifs is 1. The summed E-state index contributed by atoms with van der Waals surface area (Å²) in [5.74, 6) is 0.791. The Balaban J connectivity index is 0.000000324. The quantitative estimate of drug-likeness (QED) is 0.485. The molecule has 0 spiro atoms. The van der Waals surface area contributed by atoms with Crippen molar-refractivity contribution in [3.05, 3.63) is 22.4 Å². The lowest BCUT2D eigenvalue weighted by atomic mass is 9.96. The molecular formula is C10H15Cl2N3O5S. The molecular weight excluding hydrogens is 345 g/mol. The molecule has 2 saturated heterocycles. The highest BCUT2D eigenvalue weighted by Gasteiger charge is 2.39. The maximum atomic E-state index is 8.74. The summed E-state index contributed by atoms with van der Waals surface area (Å²) < 4.78 is 31.6. The number of halogens is 2. The van der Waals surface area contributed by atoms with Gasteiger partial charge in [-0.25, -0.2) is 4.98 Å². The van der Waals surface area contributed by atoms with Gasteiger partial charge >= 0.3 is 10.4 Å². The minimum atomic E-state index is -4.67. The summed E-state index contributed by atoms with van der Waals surface area (Å²) in [6.07, 6.45) is 1.79. The van der Waals surface area contributed by atoms with Crippen molar-refractivity contribution in [1.29, 1.82) is 0 Å². The predicted octanol–water partition coefficient (Wildman–Crippen LogP) is 0.319. The maximum Gasteiger partial charge on any atom is 0.394 e. The minimum Gasteiger partial charge on any atom is -0.412 e. The Morgan fingerprint density at radius 2 is 1.95 bits per heavy atom. The van der Waals surface area contributed by atoms with Crippen molar-refractivity contribution >= 4 is 39.3 Å². The van der Waals surface area contributed by atoms with Gasteiger partial charge in [0.05, 0.1) is 16.9 Å². The van der Waals surface area contributed by atoms with Gasteiger partial charge in [-0.05, 0) is 6.07 Å². The molecule has 0 radical (unpaired) electrons. The first-order valence-corrected chi connectivity index (χ1v) is 7.88. The number of rotatable bonds is 1. The van der Waals surface area contributed by atoms with Crippen molar-refractivity contribution in [3.63, 3.8) is 0 Å². The van der Waals surface area contributed by atoms with Crippen molar-refractivity contribution in [1.82, 2.24) is 10.3 Å². The molecule has 0 amide bonds. The summed E-state index contributed by atoms with van der Waals surface area (Å²) in [5.41, 5.74) is 1.07. The highest BCUT2D eigenvalue weighted by molar-refractivity contribution is 7.79. The van der Waals surface area contributed by atoms with Gasteiger partial charge < -0.3 is 15.7 Å². The number of hydrogen-bond donors (Lipinski definition) is 3. The molecule has 21 heavy (non-hydrogen) atoms. The van der Waals surface area contributed by atoms with Gasteiger partial charge in [0.2, 0.25) is 0 Å². The zero-order valence-electron chi connectivity index (χ0n) is 10.7. The second-order valence-corrected chi connectivity index (χ2v) is 6.25. The normalized spacial score (nSPS) is 23.3. The van der Waals surface area contributed by atoms with Crippen LogP contribution in [0.15, 0.2) is 12.3 Å². The molecule has 3 heterocycles. The summed E-state index contributed by atoms with van der Waals surface area (Å²) in [6.45, 7) is 3.28. The molecule has 1 aromatic rings. The summed E-state index contributed by atoms with van der Waals surface area (Å²) in [7, 11) is -4.67. The van der Waals surface area contributed by atoms with E-state index in [2.05, 4.69) is 15.2 Å². The molecule has 0 bridgehead atoms. The van der Waals surface area contributed by atoms with Gasteiger partial charge in [0.15, 0.2) is 0 Å². The fourth-order valence-electron chi connectivity index (χ4n) is 2.25. The van der Waals surface area contributed by atoms with Crippen LogP contribution in [0.4, 0.5) is 5.69 Å². The highest BCUT2D eigenvalue weighted by atomic mass is 35.5. The minimum absolute atomic E-state index is 0. The molecule has 8 nitrogen and oxygen atoms in total. The van der Waals surface area contributed by atoms with Crippen LogP contribution in [-0.2, 0) is 10.4 Å². The third kappa shape index (κ3) is 5.22. The van der Waals surface area contributed by atoms with Gasteiger partial charge in [0.1, 0.15) is 5.15 Å². The lowest BCUT2D eigenvalue weighted by Crippen LogP contribution is -2.51. The van der Waals surface area contributed by atoms with Crippen LogP contribution >= 0.6 is 23.2 Å². The van der Waals surface area contributed by atoms with E-state index in [1.807, 2.05) is 6.07 Å². The van der Waals surface area contributed by atoms with Crippen LogP contribution < -0.4 is 10.2 Å². The number of anilines is 1. The average Bonchev–Trinajstić information content (AvgIpc) is 2.57. The Hall–Kier alpha value is -0.680. The molecule has 2 aliphatic rings. The number of pyridine rings is 1. The van der Waals surface area contributed by atoms with Crippen LogP contribution in [0.3, 0.4) is 0 Å². The van der Waals surface area contributed by atoms with Crippen LogP contribution in [0.1, 0.15) is 0 Å². The molecule has 1 aromatic heterocycles. The van der Waals surface area contributed by atoms with Gasteiger partial charge in [0.25, 0.3) is 0 Å². The maximum absolute atomic E-state index is 8.74. The summed E-state index contributed by atoms with van der Waals surface area (Å²) in [4.78, 5) is 6.38. The van der Waals surface area contributed by atoms with Gasteiger partial charge in [-0.2, -0.15) is 8.42 Å². The molecule has 0 aromatic carbocycles. The van der Waals surface area contributed by atoms with Gasteiger partial charge in [0, 0.05) is 31.6 Å². The van der Waals surface area contributed by atoms with E-state index >= 15 is 0 Å². The fourth-order valence-corrected chi connectivity index (χ4v) is 2.51. The standard InChI is InChI=1S/C10H11Cl2N3.H2O4S.H2O/c11-8-1-7(3-14-10(8)12)15-4-6-2-13-9(6)5-15;1-5(2,3)4;/h1,3,6,9,13H,2,4-5H2;(H2,1,2,3,4);1H2/t6-,9+;;/m0../s1. The second kappa shape index (κ2) is 7.05. The summed E-state index contributed by atoms with van der Waals surface area (Å²) >= 11 is 11.7. The first-order valence-electron chi connectivity index (χ1n) is 5.73. The van der Waals surface area contributed by atoms with E-state index in [0.717, 1.165) is 31.2 Å². The smallest absolute Gasteiger partial charge is 0.394 e. The zero-order valence-corrected chi connectivity index (χ0v) is 13.0. The number of hydrogen-bond acceptors (Lipinski definition) is 5. The van der Waals surface area contributed by atoms with E-state index in [1.54, 1.807) is 6.20 Å². The first kappa shape index (κ1) is 18.4. The lowest BCUT2D eigenvalue weighted by molar-refractivity contribution is 0.297. The van der Waals surface area contributed by atoms with Crippen LogP contribution in [-0.4, -0.2) is 53.7 Å². The molecule has 2 atom stereocenters. The van der Waals surface area contributed by atoms with Crippen molar-refractivity contribution in [2.45, 2.75) is 6.04 Å². The molecule has 2 fully saturated rings. The van der Waals surface area contributed by atoms with Crippen LogP contribution in [0.2, 0.25) is 10.2 Å². The Kier molecular flexibility index (Phi) is 6.17. The Labute approximate surface area is 131 Å². The van der Waals surface area contributed by atoms with Crippen molar-refractivity contribution in [3.8, 4) is 0 Å². The zero-order chi connectivity index (χ0) is 14.9. The number of nitrogens with zero attached hydrogens (tertiary/aromatic N) is 2. The monoisotopic (exact) mass is 359 g/mol. The van der Waals surface area contributed by atoms with E-state index < -0.39 is 10.4 Å². The van der Waals surface area contributed by atoms with Crippen LogP contribution in [0, 0.1) is 5.92 Å². The molecule has 5 N–H and O–H groups in total. The molecule has 0 aliphatic carbocycles. The second-order valence-electron chi connectivity index (χ2n) is 4.59. The third-order valence-electron chi connectivity index (χ3n) is 3.23. The highest BCUT2D eigenvalue weighted by Crippen LogP contribution is 2.30. The lowest BCUT2D eigenvalue weighted by Gasteiger charge is -2.29. The van der Waals surface area contributed by atoms with Crippen LogP contribution in [0.25, 0.3) is 0 Å². The Bertz CT molecular complexity index is 580. The van der Waals surface area contributed by atoms with Crippen molar-refractivity contribution in [2.24, 2.45) is 5.92 Å². The van der Waals surface area contributed by atoms with Crippen molar-refractivity contribution < 1.29 is 23.0 Å². The molecule has 3 rings (SSSR count). The van der Waals surface area contributed by atoms with E-state index in [1.165, 1.54) is 0 Å². The summed E-state index contributed by atoms with van der Waals surface area (Å²) in [5, 5.41) is 4.32. The topological polar surface area (TPSA) is 134 Å². The van der Waals surface area contributed by atoms with E-state index in [0.29, 0.717) is 16.2 Å². The Morgan fingerprint density at radius 3 is 2.33 bits per heavy atom. The molecule has 0 unspecified atom stereocenters. The first-order chi connectivity index (χ1) is 9.24. The number of aromatic nitrogens is 1. The third-order valence-corrected chi connectivity index (χ3v) is 3.92. The summed E-state index contributed by atoms with van der Waals surface area (Å²) in [6, 6.07) is 2.54. The number of nitrogens with one attached hydrogen (secondary N) is 1. The predicted molar refractivity (Wildman–Crippen MR) is 79.5 cm³/mol. The van der Waals surface area contributed by atoms with E-state index in [4.69, 9.17) is 40.7 Å². The molecule has 0 saturated carbocycles. The van der Waals surface area contributed by atoms with Gasteiger partial charge in [-0.3, -0.25) is 9.11 Å².